The number of hydrogen-bond acceptors (Lipinski definition) is 3. The summed E-state index contributed by atoms with van der Waals surface area (Å²) in [6, 6.07) is 1.23. The molecule has 1 rings (SSSR count). The highest BCUT2D eigenvalue weighted by atomic mass is 35.5. The number of sulfonamides is 1. The van der Waals surface area contributed by atoms with Gasteiger partial charge in [-0.1, -0.05) is 37.0 Å². The number of hydrogen-bond donors (Lipinski definition) is 0. The van der Waals surface area contributed by atoms with Crippen LogP contribution in [-0.2, 0) is 10.0 Å². The number of pyridine rings is 1. The normalized spacial score (nSPS) is 14.1. The Kier molecular flexibility index (Phi) is 5.62. The molecule has 0 saturated carbocycles. The number of rotatable bonds is 5. The topological polar surface area (TPSA) is 50.3 Å². The lowest BCUT2D eigenvalue weighted by Crippen LogP contribution is -2.36. The molecule has 1 atom stereocenters. The van der Waals surface area contributed by atoms with Gasteiger partial charge >= 0.3 is 0 Å². The minimum absolute atomic E-state index is 0.0556. The van der Waals surface area contributed by atoms with Crippen molar-refractivity contribution in [1.29, 1.82) is 0 Å². The maximum absolute atomic E-state index is 12.4. The van der Waals surface area contributed by atoms with Crippen LogP contribution in [0.4, 0.5) is 0 Å². The zero-order valence-electron chi connectivity index (χ0n) is 11.4. The van der Waals surface area contributed by atoms with E-state index in [9.17, 15) is 8.42 Å². The SMILES string of the molecule is CC(C)CC(C)N(C)S(=O)(=O)c1cnc(Cl)c(Cl)c1. The van der Waals surface area contributed by atoms with Gasteiger partial charge in [0.05, 0.1) is 5.02 Å². The lowest BCUT2D eigenvalue weighted by Gasteiger charge is -2.25. The van der Waals surface area contributed by atoms with Crippen LogP contribution >= 0.6 is 23.2 Å². The van der Waals surface area contributed by atoms with Crippen LogP contribution in [0.2, 0.25) is 10.2 Å². The van der Waals surface area contributed by atoms with E-state index in [-0.39, 0.29) is 21.1 Å². The fraction of sp³-hybridized carbons (Fsp3) is 0.583. The summed E-state index contributed by atoms with van der Waals surface area (Å²) < 4.78 is 26.1. The average molecular weight is 325 g/mol. The van der Waals surface area contributed by atoms with Crippen molar-refractivity contribution in [3.63, 3.8) is 0 Å². The van der Waals surface area contributed by atoms with Crippen molar-refractivity contribution in [1.82, 2.24) is 9.29 Å². The summed E-state index contributed by atoms with van der Waals surface area (Å²) in [4.78, 5) is 3.83. The Balaban J connectivity index is 3.06. The molecule has 0 saturated heterocycles. The predicted octanol–water partition coefficient (Wildman–Crippen LogP) is 3.44. The monoisotopic (exact) mass is 324 g/mol. The molecule has 1 heterocycles. The van der Waals surface area contributed by atoms with Gasteiger partial charge in [-0.15, -0.1) is 0 Å². The van der Waals surface area contributed by atoms with E-state index in [0.717, 1.165) is 6.42 Å². The van der Waals surface area contributed by atoms with Crippen molar-refractivity contribution in [2.75, 3.05) is 7.05 Å². The highest BCUT2D eigenvalue weighted by Gasteiger charge is 2.26. The zero-order valence-corrected chi connectivity index (χ0v) is 13.7. The highest BCUT2D eigenvalue weighted by molar-refractivity contribution is 7.89. The molecule has 19 heavy (non-hydrogen) atoms. The Morgan fingerprint density at radius 2 is 1.89 bits per heavy atom. The Morgan fingerprint density at radius 3 is 2.37 bits per heavy atom. The lowest BCUT2D eigenvalue weighted by atomic mass is 10.1. The number of aromatic nitrogens is 1. The van der Waals surface area contributed by atoms with Gasteiger partial charge in [-0.25, -0.2) is 13.4 Å². The van der Waals surface area contributed by atoms with E-state index in [1.54, 1.807) is 7.05 Å². The van der Waals surface area contributed by atoms with E-state index in [4.69, 9.17) is 23.2 Å². The van der Waals surface area contributed by atoms with Gasteiger partial charge in [0.25, 0.3) is 0 Å². The molecule has 7 heteroatoms. The summed E-state index contributed by atoms with van der Waals surface area (Å²) in [5, 5.41) is 0.228. The van der Waals surface area contributed by atoms with Gasteiger partial charge in [0.15, 0.2) is 0 Å². The van der Waals surface area contributed by atoms with Crippen molar-refractivity contribution >= 4 is 33.2 Å². The van der Waals surface area contributed by atoms with Crippen LogP contribution in [0.1, 0.15) is 27.2 Å². The second kappa shape index (κ2) is 6.39. The van der Waals surface area contributed by atoms with Crippen LogP contribution in [0.3, 0.4) is 0 Å². The first kappa shape index (κ1) is 16.7. The van der Waals surface area contributed by atoms with E-state index >= 15 is 0 Å². The quantitative estimate of drug-likeness (QED) is 0.779. The van der Waals surface area contributed by atoms with Crippen molar-refractivity contribution in [3.05, 3.63) is 22.4 Å². The van der Waals surface area contributed by atoms with Crippen molar-refractivity contribution in [2.24, 2.45) is 5.92 Å². The third kappa shape index (κ3) is 4.05. The molecular weight excluding hydrogens is 307 g/mol. The second-order valence-electron chi connectivity index (χ2n) is 4.94. The van der Waals surface area contributed by atoms with Crippen LogP contribution in [0.25, 0.3) is 0 Å². The summed E-state index contributed by atoms with van der Waals surface area (Å²) in [7, 11) is -2.03. The fourth-order valence-electron chi connectivity index (χ4n) is 1.78. The first-order valence-electron chi connectivity index (χ1n) is 5.95. The number of halogens is 2. The molecule has 0 bridgehead atoms. The van der Waals surface area contributed by atoms with E-state index in [0.29, 0.717) is 5.92 Å². The molecule has 108 valence electrons. The molecule has 1 aromatic heterocycles. The molecule has 0 aromatic carbocycles. The molecule has 0 radical (unpaired) electrons. The smallest absolute Gasteiger partial charge is 0.242 e. The van der Waals surface area contributed by atoms with E-state index in [2.05, 4.69) is 18.8 Å². The van der Waals surface area contributed by atoms with E-state index in [1.165, 1.54) is 16.6 Å². The molecule has 0 aliphatic rings. The second-order valence-corrected chi connectivity index (χ2v) is 7.71. The molecule has 0 aliphatic heterocycles. The zero-order chi connectivity index (χ0) is 14.8. The average Bonchev–Trinajstić information content (AvgIpc) is 2.30. The highest BCUT2D eigenvalue weighted by Crippen LogP contribution is 2.25. The first-order valence-corrected chi connectivity index (χ1v) is 8.15. The molecule has 0 spiro atoms. The van der Waals surface area contributed by atoms with Gasteiger partial charge < -0.3 is 0 Å². The molecule has 4 nitrogen and oxygen atoms in total. The van der Waals surface area contributed by atoms with E-state index in [1.807, 2.05) is 6.92 Å². The summed E-state index contributed by atoms with van der Waals surface area (Å²) >= 11 is 11.5. The number of nitrogens with zero attached hydrogens (tertiary/aromatic N) is 2. The van der Waals surface area contributed by atoms with Crippen LogP contribution in [0.15, 0.2) is 17.2 Å². The molecule has 0 fully saturated rings. The predicted molar refractivity (Wildman–Crippen MR) is 78.1 cm³/mol. The van der Waals surface area contributed by atoms with Crippen molar-refractivity contribution in [3.8, 4) is 0 Å². The minimum Gasteiger partial charge on any atom is -0.242 e. The maximum Gasteiger partial charge on any atom is 0.244 e. The third-order valence-corrected chi connectivity index (χ3v) is 5.50. The van der Waals surface area contributed by atoms with Crippen LogP contribution in [0.5, 0.6) is 0 Å². The van der Waals surface area contributed by atoms with Gasteiger partial charge in [-0.2, -0.15) is 4.31 Å². The van der Waals surface area contributed by atoms with E-state index < -0.39 is 10.0 Å². The summed E-state index contributed by atoms with van der Waals surface area (Å²) in [6.07, 6.45) is 2.01. The van der Waals surface area contributed by atoms with Crippen LogP contribution in [-0.4, -0.2) is 30.8 Å². The van der Waals surface area contributed by atoms with Gasteiger partial charge in [-0.05, 0) is 25.3 Å². The van der Waals surface area contributed by atoms with Gasteiger partial charge in [-0.3, -0.25) is 0 Å². The van der Waals surface area contributed by atoms with Crippen molar-refractivity contribution < 1.29 is 8.42 Å². The molecular formula is C12H18Cl2N2O2S. The molecule has 0 N–H and O–H groups in total. The lowest BCUT2D eigenvalue weighted by molar-refractivity contribution is 0.337. The van der Waals surface area contributed by atoms with Crippen LogP contribution < -0.4 is 0 Å². The Labute approximate surface area is 124 Å². The van der Waals surface area contributed by atoms with Crippen LogP contribution in [0, 0.1) is 5.92 Å². The summed E-state index contributed by atoms with van der Waals surface area (Å²) in [5.41, 5.74) is 0. The molecule has 0 aliphatic carbocycles. The Morgan fingerprint density at radius 1 is 1.32 bits per heavy atom. The first-order chi connectivity index (χ1) is 8.66. The Hall–Kier alpha value is -0.360. The largest absolute Gasteiger partial charge is 0.244 e. The fourth-order valence-corrected chi connectivity index (χ4v) is 3.46. The summed E-state index contributed by atoms with van der Waals surface area (Å²) in [5.74, 6) is 0.416. The van der Waals surface area contributed by atoms with Gasteiger partial charge in [0, 0.05) is 19.3 Å². The summed E-state index contributed by atoms with van der Waals surface area (Å²) in [6.45, 7) is 5.98. The van der Waals surface area contributed by atoms with Gasteiger partial charge in [0.2, 0.25) is 10.0 Å². The molecule has 1 aromatic rings. The molecule has 0 amide bonds. The standard InChI is InChI=1S/C12H18Cl2N2O2S/c1-8(2)5-9(3)16(4)19(17,18)10-6-11(13)12(14)15-7-10/h6-9H,5H2,1-4H3. The van der Waals surface area contributed by atoms with Gasteiger partial charge in [0.1, 0.15) is 10.0 Å². The molecule has 1 unspecified atom stereocenters. The Bertz CT molecular complexity index is 547. The minimum atomic E-state index is -3.60. The third-order valence-electron chi connectivity index (χ3n) is 2.88. The maximum atomic E-state index is 12.4. The van der Waals surface area contributed by atoms with Crippen molar-refractivity contribution in [2.45, 2.75) is 38.1 Å².